The normalized spacial score (nSPS) is 24.7. The number of rotatable bonds is 5. The number of guanidine groups is 1. The summed E-state index contributed by atoms with van der Waals surface area (Å²) in [4.78, 5) is 30.7. The van der Waals surface area contributed by atoms with E-state index < -0.39 is 0 Å². The largest absolute Gasteiger partial charge is 0.378 e. The van der Waals surface area contributed by atoms with E-state index in [-0.39, 0.29) is 6.04 Å². The predicted molar refractivity (Wildman–Crippen MR) is 143 cm³/mol. The molecule has 7 heteroatoms. The smallest absolute Gasteiger partial charge is 0.222 e. The van der Waals surface area contributed by atoms with Gasteiger partial charge in [-0.15, -0.1) is 0 Å². The number of aromatic amines is 1. The van der Waals surface area contributed by atoms with Gasteiger partial charge in [0.2, 0.25) is 11.9 Å². The van der Waals surface area contributed by atoms with Crippen molar-refractivity contribution in [2.45, 2.75) is 57.4 Å². The molecule has 4 heterocycles. The molecule has 2 aromatic rings. The van der Waals surface area contributed by atoms with E-state index in [1.807, 2.05) is 6.20 Å². The van der Waals surface area contributed by atoms with Crippen LogP contribution in [0.1, 0.15) is 63.0 Å². The summed E-state index contributed by atoms with van der Waals surface area (Å²) in [5.41, 5.74) is 4.86. The second-order valence-corrected chi connectivity index (χ2v) is 10.6. The summed E-state index contributed by atoms with van der Waals surface area (Å²) in [5.74, 6) is 1.75. The highest BCUT2D eigenvalue weighted by atomic mass is 16.5. The van der Waals surface area contributed by atoms with Gasteiger partial charge >= 0.3 is 0 Å². The second-order valence-electron chi connectivity index (χ2n) is 10.6. The zero-order chi connectivity index (χ0) is 24.3. The predicted octanol–water partition coefficient (Wildman–Crippen LogP) is 4.87. The van der Waals surface area contributed by atoms with Crippen molar-refractivity contribution in [3.63, 3.8) is 0 Å². The Morgan fingerprint density at radius 2 is 1.97 bits per heavy atom. The SMILES string of the molecule is O=C(CCCC1CCC=C2C(=NC(N3CCOCC3)=NC2c2cccc3[nH]ccc23)C1)N1CCCC1. The van der Waals surface area contributed by atoms with Crippen LogP contribution in [0.3, 0.4) is 0 Å². The number of carbonyl (C=O) groups is 1. The summed E-state index contributed by atoms with van der Waals surface area (Å²) >= 11 is 0. The summed E-state index contributed by atoms with van der Waals surface area (Å²) in [7, 11) is 0. The Bertz CT molecular complexity index is 1180. The van der Waals surface area contributed by atoms with Crippen molar-refractivity contribution in [2.75, 3.05) is 39.4 Å². The number of morpholine rings is 1. The molecule has 1 amide bonds. The molecule has 7 nitrogen and oxygen atoms in total. The molecule has 2 unspecified atom stereocenters. The fourth-order valence-corrected chi connectivity index (χ4v) is 6.21. The first-order valence-corrected chi connectivity index (χ1v) is 13.8. The number of fused-ring (bicyclic) bond motifs is 2. The van der Waals surface area contributed by atoms with Gasteiger partial charge in [0, 0.05) is 49.7 Å². The van der Waals surface area contributed by atoms with Crippen LogP contribution in [0.4, 0.5) is 0 Å². The third kappa shape index (κ3) is 4.85. The maximum Gasteiger partial charge on any atom is 0.222 e. The summed E-state index contributed by atoms with van der Waals surface area (Å²) in [6.45, 7) is 5.00. The van der Waals surface area contributed by atoms with Gasteiger partial charge < -0.3 is 19.5 Å². The van der Waals surface area contributed by atoms with Crippen LogP contribution in [0, 0.1) is 5.92 Å². The lowest BCUT2D eigenvalue weighted by Crippen LogP contribution is -2.42. The van der Waals surface area contributed by atoms with E-state index in [9.17, 15) is 4.79 Å². The van der Waals surface area contributed by atoms with Crippen LogP contribution in [-0.2, 0) is 9.53 Å². The number of likely N-dealkylation sites (tertiary alicyclic amines) is 1. The Labute approximate surface area is 213 Å². The number of H-pyrrole nitrogens is 1. The van der Waals surface area contributed by atoms with Gasteiger partial charge in [0.1, 0.15) is 6.04 Å². The molecule has 6 rings (SSSR count). The minimum absolute atomic E-state index is 0.0367. The van der Waals surface area contributed by atoms with Crippen LogP contribution in [0.25, 0.3) is 10.9 Å². The lowest BCUT2D eigenvalue weighted by atomic mass is 9.88. The molecule has 1 N–H and O–H groups in total. The summed E-state index contributed by atoms with van der Waals surface area (Å²) in [6.07, 6.45) is 12.6. The van der Waals surface area contributed by atoms with E-state index in [0.717, 1.165) is 95.8 Å². The van der Waals surface area contributed by atoms with Gasteiger partial charge in [-0.05, 0) is 74.1 Å². The number of benzene rings is 1. The number of allylic oxidation sites excluding steroid dienone is 1. The minimum Gasteiger partial charge on any atom is -0.378 e. The zero-order valence-electron chi connectivity index (χ0n) is 21.1. The fraction of sp³-hybridized carbons (Fsp3) is 0.552. The number of aromatic nitrogens is 1. The van der Waals surface area contributed by atoms with Crippen molar-refractivity contribution in [3.05, 3.63) is 47.7 Å². The van der Waals surface area contributed by atoms with E-state index in [4.69, 9.17) is 14.7 Å². The first-order valence-electron chi connectivity index (χ1n) is 13.8. The summed E-state index contributed by atoms with van der Waals surface area (Å²) < 4.78 is 5.60. The van der Waals surface area contributed by atoms with Crippen molar-refractivity contribution in [2.24, 2.45) is 15.9 Å². The summed E-state index contributed by atoms with van der Waals surface area (Å²) in [5, 5.41) is 1.23. The molecule has 0 bridgehead atoms. The molecule has 36 heavy (non-hydrogen) atoms. The second kappa shape index (κ2) is 10.6. The van der Waals surface area contributed by atoms with Gasteiger partial charge in [-0.1, -0.05) is 18.2 Å². The van der Waals surface area contributed by atoms with E-state index in [1.165, 1.54) is 22.2 Å². The molecule has 0 spiro atoms. The number of amides is 1. The van der Waals surface area contributed by atoms with Crippen molar-refractivity contribution < 1.29 is 9.53 Å². The van der Waals surface area contributed by atoms with Gasteiger partial charge in [0.15, 0.2) is 0 Å². The van der Waals surface area contributed by atoms with E-state index in [2.05, 4.69) is 45.1 Å². The Morgan fingerprint density at radius 1 is 1.11 bits per heavy atom. The molecule has 0 saturated carbocycles. The Hall–Kier alpha value is -2.93. The van der Waals surface area contributed by atoms with Gasteiger partial charge in [-0.3, -0.25) is 4.79 Å². The Morgan fingerprint density at radius 3 is 2.83 bits per heavy atom. The standard InChI is InChI=1S/C29H37N5O2/c35-27(33-14-1-2-15-33)11-4-7-21-6-3-9-24-26(20-21)31-29(34-16-18-36-19-17-34)32-28(24)23-8-5-10-25-22(23)12-13-30-25/h5,8-10,12-13,21,28,30H,1-4,6-7,11,14-20H2. The molecule has 190 valence electrons. The first kappa shape index (κ1) is 23.5. The van der Waals surface area contributed by atoms with E-state index in [0.29, 0.717) is 18.2 Å². The lowest BCUT2D eigenvalue weighted by molar-refractivity contribution is -0.130. The molecule has 1 aliphatic carbocycles. The third-order valence-corrected chi connectivity index (χ3v) is 8.21. The van der Waals surface area contributed by atoms with Crippen molar-refractivity contribution in [3.8, 4) is 0 Å². The van der Waals surface area contributed by atoms with E-state index in [1.54, 1.807) is 0 Å². The molecule has 1 aromatic carbocycles. The van der Waals surface area contributed by atoms with Crippen LogP contribution in [0.5, 0.6) is 0 Å². The third-order valence-electron chi connectivity index (χ3n) is 8.21. The van der Waals surface area contributed by atoms with Gasteiger partial charge in [-0.2, -0.15) is 0 Å². The first-order chi connectivity index (χ1) is 17.8. The number of hydrogen-bond acceptors (Lipinski definition) is 5. The topological polar surface area (TPSA) is 73.3 Å². The fourth-order valence-electron chi connectivity index (χ4n) is 6.21. The Balaban J connectivity index is 1.23. The monoisotopic (exact) mass is 487 g/mol. The van der Waals surface area contributed by atoms with Gasteiger partial charge in [-0.25, -0.2) is 9.98 Å². The van der Waals surface area contributed by atoms with Crippen LogP contribution in [0.15, 0.2) is 52.1 Å². The number of nitrogens with zero attached hydrogens (tertiary/aromatic N) is 4. The molecule has 2 fully saturated rings. The van der Waals surface area contributed by atoms with E-state index >= 15 is 0 Å². The van der Waals surface area contributed by atoms with Gasteiger partial charge in [0.05, 0.1) is 18.9 Å². The molecule has 0 radical (unpaired) electrons. The number of ether oxygens (including phenoxy) is 1. The summed E-state index contributed by atoms with van der Waals surface area (Å²) in [6, 6.07) is 8.60. The maximum atomic E-state index is 12.5. The number of hydrogen-bond donors (Lipinski definition) is 1. The molecular formula is C29H37N5O2. The van der Waals surface area contributed by atoms with Crippen molar-refractivity contribution in [1.29, 1.82) is 0 Å². The lowest BCUT2D eigenvalue weighted by Gasteiger charge is -2.32. The average Bonchev–Trinajstić information content (AvgIpc) is 3.58. The van der Waals surface area contributed by atoms with Crippen LogP contribution in [0.2, 0.25) is 0 Å². The maximum absolute atomic E-state index is 12.5. The Kier molecular flexibility index (Phi) is 6.90. The molecule has 3 aliphatic heterocycles. The molecule has 4 aliphatic rings. The van der Waals surface area contributed by atoms with Gasteiger partial charge in [0.25, 0.3) is 0 Å². The molecule has 2 atom stereocenters. The average molecular weight is 488 g/mol. The molecule has 2 saturated heterocycles. The number of carbonyl (C=O) groups excluding carboxylic acids is 1. The highest BCUT2D eigenvalue weighted by Crippen LogP contribution is 2.39. The van der Waals surface area contributed by atoms with Crippen LogP contribution >= 0.6 is 0 Å². The highest BCUT2D eigenvalue weighted by molar-refractivity contribution is 6.10. The molecule has 1 aromatic heterocycles. The van der Waals surface area contributed by atoms with Crippen LogP contribution < -0.4 is 0 Å². The number of nitrogens with one attached hydrogen (secondary N) is 1. The molecular weight excluding hydrogens is 450 g/mol. The van der Waals surface area contributed by atoms with Crippen LogP contribution in [-0.4, -0.2) is 71.8 Å². The number of aliphatic imine (C=N–C) groups is 2. The van der Waals surface area contributed by atoms with Crippen molar-refractivity contribution >= 4 is 28.5 Å². The minimum atomic E-state index is -0.0367. The quantitative estimate of drug-likeness (QED) is 0.654. The highest BCUT2D eigenvalue weighted by Gasteiger charge is 2.32. The zero-order valence-corrected chi connectivity index (χ0v) is 21.1. The van der Waals surface area contributed by atoms with Crippen molar-refractivity contribution in [1.82, 2.24) is 14.8 Å².